The number of halogens is 2. The fraction of sp³-hybridized carbons (Fsp3) is 0.176. The molecular weight excluding hydrogens is 380 g/mol. The molecule has 0 saturated heterocycles. The molecule has 0 radical (unpaired) electrons. The third kappa shape index (κ3) is 4.81. The molecule has 0 aliphatic carbocycles. The summed E-state index contributed by atoms with van der Waals surface area (Å²) in [5.74, 6) is -0.500. The highest BCUT2D eigenvalue weighted by molar-refractivity contribution is 9.10. The van der Waals surface area contributed by atoms with E-state index in [0.29, 0.717) is 16.4 Å². The normalized spacial score (nSPS) is 10.3. The second-order valence-corrected chi connectivity index (χ2v) is 6.42. The van der Waals surface area contributed by atoms with E-state index in [9.17, 15) is 9.59 Å². The quantitative estimate of drug-likeness (QED) is 0.834. The average Bonchev–Trinajstić information content (AvgIpc) is 2.48. The Kier molecular flexibility index (Phi) is 5.80. The van der Waals surface area contributed by atoms with Crippen LogP contribution in [0.1, 0.15) is 12.5 Å². The monoisotopic (exact) mass is 394 g/mol. The van der Waals surface area contributed by atoms with E-state index in [4.69, 9.17) is 11.6 Å². The Hall–Kier alpha value is -1.85. The van der Waals surface area contributed by atoms with Crippen molar-refractivity contribution < 1.29 is 9.59 Å². The van der Waals surface area contributed by atoms with E-state index in [2.05, 4.69) is 21.2 Å². The molecule has 2 amide bonds. The summed E-state index contributed by atoms with van der Waals surface area (Å²) in [5.41, 5.74) is 2.19. The first-order valence-corrected chi connectivity index (χ1v) is 8.13. The molecule has 0 fully saturated rings. The van der Waals surface area contributed by atoms with Crippen LogP contribution in [0, 0.1) is 6.92 Å². The van der Waals surface area contributed by atoms with Gasteiger partial charge in [0.2, 0.25) is 11.8 Å². The van der Waals surface area contributed by atoms with Gasteiger partial charge in [-0.05, 0) is 42.8 Å². The zero-order valence-electron chi connectivity index (χ0n) is 12.8. The largest absolute Gasteiger partial charge is 0.324 e. The number of rotatable bonds is 4. The highest BCUT2D eigenvalue weighted by Gasteiger charge is 2.16. The van der Waals surface area contributed by atoms with Gasteiger partial charge in [0.05, 0.1) is 0 Å². The van der Waals surface area contributed by atoms with Crippen molar-refractivity contribution in [1.82, 2.24) is 0 Å². The number of aryl methyl sites for hydroxylation is 1. The van der Waals surface area contributed by atoms with E-state index < -0.39 is 0 Å². The summed E-state index contributed by atoms with van der Waals surface area (Å²) in [7, 11) is 0. The van der Waals surface area contributed by atoms with Crippen molar-refractivity contribution in [3.63, 3.8) is 0 Å². The fourth-order valence-electron chi connectivity index (χ4n) is 2.04. The number of anilines is 2. The maximum Gasteiger partial charge on any atom is 0.244 e. The minimum atomic E-state index is -0.292. The number of hydrogen-bond acceptors (Lipinski definition) is 2. The van der Waals surface area contributed by atoms with Crippen molar-refractivity contribution in [1.29, 1.82) is 0 Å². The lowest BCUT2D eigenvalue weighted by molar-refractivity contribution is -0.120. The lowest BCUT2D eigenvalue weighted by atomic mass is 10.2. The van der Waals surface area contributed by atoms with Crippen molar-refractivity contribution in [3.05, 3.63) is 57.5 Å². The van der Waals surface area contributed by atoms with Crippen LogP contribution in [0.15, 0.2) is 46.9 Å². The summed E-state index contributed by atoms with van der Waals surface area (Å²) in [6.07, 6.45) is 0. The van der Waals surface area contributed by atoms with E-state index in [1.54, 1.807) is 24.3 Å². The van der Waals surface area contributed by atoms with E-state index >= 15 is 0 Å². The van der Waals surface area contributed by atoms with E-state index in [1.807, 2.05) is 25.1 Å². The van der Waals surface area contributed by atoms with Gasteiger partial charge in [-0.2, -0.15) is 0 Å². The summed E-state index contributed by atoms with van der Waals surface area (Å²) < 4.78 is 0.840. The van der Waals surface area contributed by atoms with Gasteiger partial charge in [0, 0.05) is 27.8 Å². The molecule has 0 atom stereocenters. The van der Waals surface area contributed by atoms with Gasteiger partial charge in [0.15, 0.2) is 0 Å². The number of carbonyl (C=O) groups excluding carboxylic acids is 2. The minimum absolute atomic E-state index is 0.0721. The molecule has 2 aromatic rings. The standard InChI is InChI=1S/C17H16BrClN2O2/c1-11-6-7-14(9-16(11)19)20-17(23)10-21(12(2)22)15-5-3-4-13(18)8-15/h3-9H,10H2,1-2H3,(H,20,23). The molecule has 2 aromatic carbocycles. The third-order valence-electron chi connectivity index (χ3n) is 3.26. The maximum absolute atomic E-state index is 12.2. The van der Waals surface area contributed by atoms with Crippen molar-refractivity contribution >= 4 is 50.7 Å². The second kappa shape index (κ2) is 7.62. The van der Waals surface area contributed by atoms with Gasteiger partial charge in [-0.25, -0.2) is 0 Å². The number of nitrogens with zero attached hydrogens (tertiary/aromatic N) is 1. The van der Waals surface area contributed by atoms with Gasteiger partial charge in [-0.15, -0.1) is 0 Å². The predicted octanol–water partition coefficient (Wildman–Crippen LogP) is 4.40. The molecule has 4 nitrogen and oxygen atoms in total. The molecule has 0 aliphatic heterocycles. The van der Waals surface area contributed by atoms with Crippen LogP contribution in [0.25, 0.3) is 0 Å². The van der Waals surface area contributed by atoms with Crippen LogP contribution in [0.4, 0.5) is 11.4 Å². The predicted molar refractivity (Wildman–Crippen MR) is 97.0 cm³/mol. The number of benzene rings is 2. The first kappa shape index (κ1) is 17.5. The van der Waals surface area contributed by atoms with Crippen LogP contribution in [-0.2, 0) is 9.59 Å². The minimum Gasteiger partial charge on any atom is -0.324 e. The molecule has 2 rings (SSSR count). The first-order chi connectivity index (χ1) is 10.9. The lowest BCUT2D eigenvalue weighted by Gasteiger charge is -2.21. The Labute approximate surface area is 148 Å². The Morgan fingerprint density at radius 3 is 2.57 bits per heavy atom. The molecule has 23 heavy (non-hydrogen) atoms. The van der Waals surface area contributed by atoms with Gasteiger partial charge in [-0.3, -0.25) is 9.59 Å². The van der Waals surface area contributed by atoms with E-state index in [-0.39, 0.29) is 18.4 Å². The van der Waals surface area contributed by atoms with Gasteiger partial charge in [0.1, 0.15) is 6.54 Å². The summed E-state index contributed by atoms with van der Waals surface area (Å²) in [4.78, 5) is 25.5. The average molecular weight is 396 g/mol. The number of amides is 2. The van der Waals surface area contributed by atoms with E-state index in [0.717, 1.165) is 10.0 Å². The second-order valence-electron chi connectivity index (χ2n) is 5.10. The number of carbonyl (C=O) groups is 2. The van der Waals surface area contributed by atoms with Crippen molar-refractivity contribution in [2.75, 3.05) is 16.8 Å². The van der Waals surface area contributed by atoms with Crippen molar-refractivity contribution in [2.24, 2.45) is 0 Å². The van der Waals surface area contributed by atoms with E-state index in [1.165, 1.54) is 11.8 Å². The molecule has 0 aliphatic rings. The first-order valence-electron chi connectivity index (χ1n) is 6.96. The lowest BCUT2D eigenvalue weighted by Crippen LogP contribution is -2.36. The van der Waals surface area contributed by atoms with Gasteiger partial charge < -0.3 is 10.2 Å². The highest BCUT2D eigenvalue weighted by atomic mass is 79.9. The molecule has 0 unspecified atom stereocenters. The van der Waals surface area contributed by atoms with Crippen molar-refractivity contribution in [2.45, 2.75) is 13.8 Å². The van der Waals surface area contributed by atoms with Crippen LogP contribution in [0.3, 0.4) is 0 Å². The number of nitrogens with one attached hydrogen (secondary N) is 1. The summed E-state index contributed by atoms with van der Waals surface area (Å²) in [6, 6.07) is 12.5. The van der Waals surface area contributed by atoms with Crippen LogP contribution in [-0.4, -0.2) is 18.4 Å². The zero-order valence-corrected chi connectivity index (χ0v) is 15.1. The van der Waals surface area contributed by atoms with Gasteiger partial charge in [-0.1, -0.05) is 39.7 Å². The summed E-state index contributed by atoms with van der Waals surface area (Å²) in [5, 5.41) is 3.33. The molecule has 1 N–H and O–H groups in total. The maximum atomic E-state index is 12.2. The fourth-order valence-corrected chi connectivity index (χ4v) is 2.61. The molecular formula is C17H16BrClN2O2. The summed E-state index contributed by atoms with van der Waals surface area (Å²) >= 11 is 9.41. The zero-order chi connectivity index (χ0) is 17.0. The van der Waals surface area contributed by atoms with Crippen LogP contribution in [0.5, 0.6) is 0 Å². The molecule has 0 heterocycles. The smallest absolute Gasteiger partial charge is 0.244 e. The highest BCUT2D eigenvalue weighted by Crippen LogP contribution is 2.22. The molecule has 0 saturated carbocycles. The Morgan fingerprint density at radius 1 is 1.22 bits per heavy atom. The molecule has 0 aromatic heterocycles. The van der Waals surface area contributed by atoms with Crippen molar-refractivity contribution in [3.8, 4) is 0 Å². The van der Waals surface area contributed by atoms with Crippen LogP contribution < -0.4 is 10.2 Å². The number of hydrogen-bond donors (Lipinski definition) is 1. The Bertz CT molecular complexity index is 749. The Morgan fingerprint density at radius 2 is 1.96 bits per heavy atom. The SMILES string of the molecule is CC(=O)N(CC(=O)Nc1ccc(C)c(Cl)c1)c1cccc(Br)c1. The van der Waals surface area contributed by atoms with Gasteiger partial charge in [0.25, 0.3) is 0 Å². The molecule has 0 bridgehead atoms. The van der Waals surface area contributed by atoms with Crippen LogP contribution in [0.2, 0.25) is 5.02 Å². The molecule has 0 spiro atoms. The molecule has 120 valence electrons. The van der Waals surface area contributed by atoms with Crippen LogP contribution >= 0.6 is 27.5 Å². The third-order valence-corrected chi connectivity index (χ3v) is 4.16. The molecule has 6 heteroatoms. The van der Waals surface area contributed by atoms with Gasteiger partial charge >= 0.3 is 0 Å². The Balaban J connectivity index is 2.12. The summed E-state index contributed by atoms with van der Waals surface area (Å²) in [6.45, 7) is 3.24. The topological polar surface area (TPSA) is 49.4 Å².